The molecule has 0 N–H and O–H groups in total. The van der Waals surface area contributed by atoms with E-state index in [2.05, 4.69) is 17.1 Å². The molecule has 0 aromatic heterocycles. The van der Waals surface area contributed by atoms with E-state index in [1.165, 1.54) is 13.2 Å². The topological polar surface area (TPSA) is 58.8 Å². The number of nitro benzene ring substituents is 1. The van der Waals surface area contributed by atoms with E-state index in [1.807, 2.05) is 4.90 Å². The summed E-state index contributed by atoms with van der Waals surface area (Å²) in [5, 5.41) is 11.2. The summed E-state index contributed by atoms with van der Waals surface area (Å²) in [4.78, 5) is 15.0. The van der Waals surface area contributed by atoms with Crippen LogP contribution < -0.4 is 9.64 Å². The molecular weight excluding hydrogens is 289 g/mol. The highest BCUT2D eigenvalue weighted by Crippen LogP contribution is 2.36. The minimum absolute atomic E-state index is 0.0342. The van der Waals surface area contributed by atoms with Crippen LogP contribution in [-0.2, 0) is 0 Å². The Morgan fingerprint density at radius 2 is 2.09 bits per heavy atom. The van der Waals surface area contributed by atoms with Crippen molar-refractivity contribution in [1.29, 1.82) is 0 Å². The molecule has 22 heavy (non-hydrogen) atoms. The van der Waals surface area contributed by atoms with Crippen LogP contribution in [0.4, 0.5) is 15.8 Å². The summed E-state index contributed by atoms with van der Waals surface area (Å²) in [7, 11) is 1.36. The summed E-state index contributed by atoms with van der Waals surface area (Å²) in [6, 6.07) is 2.74. The first kappa shape index (κ1) is 14.8. The van der Waals surface area contributed by atoms with Gasteiger partial charge < -0.3 is 9.64 Å². The van der Waals surface area contributed by atoms with Gasteiger partial charge in [0.25, 0.3) is 5.69 Å². The largest absolute Gasteiger partial charge is 0.494 e. The fraction of sp³-hybridized carbons (Fsp3) is 0.467. The van der Waals surface area contributed by atoms with E-state index in [-0.39, 0.29) is 11.4 Å². The van der Waals surface area contributed by atoms with Crippen LogP contribution in [-0.4, -0.2) is 49.2 Å². The number of ether oxygens (including phenoxy) is 1. The minimum atomic E-state index is -0.711. The molecule has 1 saturated heterocycles. The summed E-state index contributed by atoms with van der Waals surface area (Å²) in [5.74, 6) is -0.677. The smallest absolute Gasteiger partial charge is 0.295 e. The van der Waals surface area contributed by atoms with E-state index < -0.39 is 10.7 Å². The molecule has 7 heteroatoms. The molecule has 1 fully saturated rings. The second-order valence-electron chi connectivity index (χ2n) is 5.55. The van der Waals surface area contributed by atoms with Crippen LogP contribution in [0.1, 0.15) is 6.42 Å². The van der Waals surface area contributed by atoms with Crippen LogP contribution in [0.2, 0.25) is 0 Å². The molecule has 0 bridgehead atoms. The standard InChI is InChI=1S/C15H18FN3O3/c1-22-15-9-13(14(19(20)21)8-12(15)16)18-7-4-11(10-18)17-5-2-3-6-17/h2-3,8-9,11H,4-7,10H2,1H3. The fourth-order valence-corrected chi connectivity index (χ4v) is 3.14. The predicted molar refractivity (Wildman–Crippen MR) is 80.9 cm³/mol. The molecule has 0 spiro atoms. The van der Waals surface area contributed by atoms with E-state index in [1.54, 1.807) is 0 Å². The molecule has 1 aromatic rings. The van der Waals surface area contributed by atoms with Crippen molar-refractivity contribution in [3.05, 3.63) is 40.2 Å². The van der Waals surface area contributed by atoms with Gasteiger partial charge in [0.2, 0.25) is 0 Å². The van der Waals surface area contributed by atoms with Gasteiger partial charge in [0.15, 0.2) is 11.6 Å². The van der Waals surface area contributed by atoms with Gasteiger partial charge in [0.1, 0.15) is 5.69 Å². The molecule has 1 unspecified atom stereocenters. The Balaban J connectivity index is 1.86. The Hall–Kier alpha value is -2.15. The number of benzene rings is 1. The molecule has 0 saturated carbocycles. The molecule has 1 atom stereocenters. The minimum Gasteiger partial charge on any atom is -0.494 e. The number of hydrogen-bond acceptors (Lipinski definition) is 5. The van der Waals surface area contributed by atoms with Crippen LogP contribution >= 0.6 is 0 Å². The number of nitrogens with zero attached hydrogens (tertiary/aromatic N) is 3. The zero-order valence-corrected chi connectivity index (χ0v) is 12.4. The lowest BCUT2D eigenvalue weighted by atomic mass is 10.2. The number of nitro groups is 1. The maximum absolute atomic E-state index is 13.7. The van der Waals surface area contributed by atoms with Gasteiger partial charge in [-0.05, 0) is 6.42 Å². The van der Waals surface area contributed by atoms with Gasteiger partial charge in [-0.15, -0.1) is 0 Å². The monoisotopic (exact) mass is 307 g/mol. The van der Waals surface area contributed by atoms with Gasteiger partial charge in [-0.2, -0.15) is 0 Å². The number of halogens is 1. The Kier molecular flexibility index (Phi) is 3.98. The highest BCUT2D eigenvalue weighted by molar-refractivity contribution is 5.66. The normalized spacial score (nSPS) is 21.5. The Morgan fingerprint density at radius 1 is 1.36 bits per heavy atom. The quantitative estimate of drug-likeness (QED) is 0.485. The Labute approximate surface area is 127 Å². The highest BCUT2D eigenvalue weighted by atomic mass is 19.1. The van der Waals surface area contributed by atoms with Crippen molar-refractivity contribution in [2.45, 2.75) is 12.5 Å². The average molecular weight is 307 g/mol. The maximum atomic E-state index is 13.7. The van der Waals surface area contributed by atoms with Crippen LogP contribution in [0.5, 0.6) is 5.75 Å². The molecule has 0 amide bonds. The first-order chi connectivity index (χ1) is 10.6. The SMILES string of the molecule is COc1cc(N2CCC(N3CC=CC3)C2)c([N+](=O)[O-])cc1F. The van der Waals surface area contributed by atoms with E-state index in [0.717, 1.165) is 32.1 Å². The van der Waals surface area contributed by atoms with Crippen molar-refractivity contribution in [2.24, 2.45) is 0 Å². The number of methoxy groups -OCH3 is 1. The van der Waals surface area contributed by atoms with Gasteiger partial charge in [0, 0.05) is 38.3 Å². The molecule has 6 nitrogen and oxygen atoms in total. The van der Waals surface area contributed by atoms with E-state index in [0.29, 0.717) is 18.3 Å². The molecule has 1 aromatic carbocycles. The predicted octanol–water partition coefficient (Wildman–Crippen LogP) is 2.19. The van der Waals surface area contributed by atoms with Crippen LogP contribution in [0.3, 0.4) is 0 Å². The average Bonchev–Trinajstić information content (AvgIpc) is 3.17. The Morgan fingerprint density at radius 3 is 2.73 bits per heavy atom. The van der Waals surface area contributed by atoms with Crippen molar-refractivity contribution in [3.63, 3.8) is 0 Å². The second-order valence-corrected chi connectivity index (χ2v) is 5.55. The third-order valence-corrected chi connectivity index (χ3v) is 4.31. The van der Waals surface area contributed by atoms with Crippen LogP contribution in [0.25, 0.3) is 0 Å². The van der Waals surface area contributed by atoms with Gasteiger partial charge in [-0.1, -0.05) is 12.2 Å². The lowest BCUT2D eigenvalue weighted by Crippen LogP contribution is -2.35. The molecule has 3 rings (SSSR count). The van der Waals surface area contributed by atoms with E-state index in [9.17, 15) is 14.5 Å². The summed E-state index contributed by atoms with van der Waals surface area (Å²) < 4.78 is 18.7. The zero-order valence-electron chi connectivity index (χ0n) is 12.4. The molecule has 0 radical (unpaired) electrons. The second kappa shape index (κ2) is 5.92. The molecule has 0 aliphatic carbocycles. The van der Waals surface area contributed by atoms with E-state index in [4.69, 9.17) is 4.74 Å². The third-order valence-electron chi connectivity index (χ3n) is 4.31. The summed E-state index contributed by atoms with van der Waals surface area (Å²) >= 11 is 0. The lowest BCUT2D eigenvalue weighted by molar-refractivity contribution is -0.384. The van der Waals surface area contributed by atoms with E-state index >= 15 is 0 Å². The number of rotatable bonds is 4. The fourth-order valence-electron chi connectivity index (χ4n) is 3.14. The number of hydrogen-bond donors (Lipinski definition) is 0. The maximum Gasteiger partial charge on any atom is 0.295 e. The molecule has 2 aliphatic rings. The summed E-state index contributed by atoms with van der Waals surface area (Å²) in [6.07, 6.45) is 5.20. The molecule has 2 heterocycles. The summed E-state index contributed by atoms with van der Waals surface area (Å²) in [5.41, 5.74) is 0.219. The van der Waals surface area contributed by atoms with Crippen molar-refractivity contribution in [1.82, 2.24) is 4.90 Å². The van der Waals surface area contributed by atoms with Gasteiger partial charge in [-0.3, -0.25) is 15.0 Å². The lowest BCUT2D eigenvalue weighted by Gasteiger charge is -2.24. The van der Waals surface area contributed by atoms with Crippen molar-refractivity contribution in [3.8, 4) is 5.75 Å². The molecular formula is C15H18FN3O3. The Bertz CT molecular complexity index is 612. The van der Waals surface area contributed by atoms with Crippen LogP contribution in [0, 0.1) is 15.9 Å². The third kappa shape index (κ3) is 2.64. The zero-order chi connectivity index (χ0) is 15.7. The summed E-state index contributed by atoms with van der Waals surface area (Å²) in [6.45, 7) is 3.27. The highest BCUT2D eigenvalue weighted by Gasteiger charge is 2.32. The van der Waals surface area contributed by atoms with Crippen molar-refractivity contribution in [2.75, 3.05) is 38.2 Å². The van der Waals surface area contributed by atoms with Gasteiger partial charge in [-0.25, -0.2) is 4.39 Å². The first-order valence-electron chi connectivity index (χ1n) is 7.26. The van der Waals surface area contributed by atoms with Gasteiger partial charge in [0.05, 0.1) is 18.1 Å². The first-order valence-corrected chi connectivity index (χ1v) is 7.26. The van der Waals surface area contributed by atoms with Crippen LogP contribution in [0.15, 0.2) is 24.3 Å². The van der Waals surface area contributed by atoms with Crippen molar-refractivity contribution < 1.29 is 14.1 Å². The molecule has 2 aliphatic heterocycles. The number of anilines is 1. The van der Waals surface area contributed by atoms with Gasteiger partial charge >= 0.3 is 0 Å². The van der Waals surface area contributed by atoms with Crippen molar-refractivity contribution >= 4 is 11.4 Å². The molecule has 118 valence electrons.